The normalized spacial score (nSPS) is 9.54. The zero-order valence-corrected chi connectivity index (χ0v) is 9.68. The van der Waals surface area contributed by atoms with Crippen LogP contribution in [0, 0.1) is 11.8 Å². The monoisotopic (exact) mass is 186 g/mol. The molecule has 0 radical (unpaired) electrons. The van der Waals surface area contributed by atoms with E-state index in [1.807, 2.05) is 34.6 Å². The van der Waals surface area contributed by atoms with E-state index in [2.05, 4.69) is 0 Å². The van der Waals surface area contributed by atoms with Crippen molar-refractivity contribution >= 4 is 11.6 Å². The Morgan fingerprint density at radius 2 is 1.31 bits per heavy atom. The lowest BCUT2D eigenvalue weighted by atomic mass is 10.1. The first-order chi connectivity index (χ1) is 5.82. The predicted octanol–water partition coefficient (Wildman–Crippen LogP) is 2.85. The smallest absolute Gasteiger partial charge is 0.135 e. The van der Waals surface area contributed by atoms with Gasteiger partial charge in [0.15, 0.2) is 0 Å². The molecule has 0 saturated carbocycles. The fourth-order valence-corrected chi connectivity index (χ4v) is 0.408. The highest BCUT2D eigenvalue weighted by Crippen LogP contribution is 1.95. The summed E-state index contributed by atoms with van der Waals surface area (Å²) in [6.07, 6.45) is 0.678. The molecule has 0 bridgehead atoms. The lowest BCUT2D eigenvalue weighted by molar-refractivity contribution is -0.121. The molecule has 0 fully saturated rings. The van der Waals surface area contributed by atoms with Gasteiger partial charge in [0.25, 0.3) is 0 Å². The lowest BCUT2D eigenvalue weighted by Crippen LogP contribution is -2.03. The van der Waals surface area contributed by atoms with Crippen molar-refractivity contribution in [1.82, 2.24) is 0 Å². The van der Waals surface area contributed by atoms with Crippen molar-refractivity contribution in [2.45, 2.75) is 48.0 Å². The Morgan fingerprint density at radius 1 is 1.00 bits per heavy atom. The molecule has 0 aliphatic heterocycles. The Balaban J connectivity index is 0. The summed E-state index contributed by atoms with van der Waals surface area (Å²) in [7, 11) is 0. The van der Waals surface area contributed by atoms with Gasteiger partial charge < -0.3 is 0 Å². The summed E-state index contributed by atoms with van der Waals surface area (Å²) in [5.41, 5.74) is 0. The topological polar surface area (TPSA) is 34.1 Å². The Hall–Kier alpha value is -0.660. The second kappa shape index (κ2) is 7.96. The van der Waals surface area contributed by atoms with Crippen molar-refractivity contribution in [3.05, 3.63) is 0 Å². The number of carbonyl (C=O) groups excluding carboxylic acids is 2. The maximum absolute atomic E-state index is 10.5. The van der Waals surface area contributed by atoms with Crippen LogP contribution in [0.25, 0.3) is 0 Å². The Bertz CT molecular complexity index is 157. The summed E-state index contributed by atoms with van der Waals surface area (Å²) in [6.45, 7) is 11.1. The number of carbonyl (C=O) groups is 2. The highest BCUT2D eigenvalue weighted by Gasteiger charge is 2.00. The zero-order chi connectivity index (χ0) is 11.0. The number of hydrogen-bond acceptors (Lipinski definition) is 2. The molecule has 0 saturated heterocycles. The second-order valence-corrected chi connectivity index (χ2v) is 3.74. The van der Waals surface area contributed by atoms with Gasteiger partial charge in [-0.1, -0.05) is 34.6 Å². The van der Waals surface area contributed by atoms with Gasteiger partial charge in [-0.15, -0.1) is 0 Å². The van der Waals surface area contributed by atoms with Crippen LogP contribution in [0.1, 0.15) is 48.0 Å². The van der Waals surface area contributed by atoms with E-state index in [0.717, 1.165) is 0 Å². The molecule has 0 aliphatic rings. The average Bonchev–Trinajstić information content (AvgIpc) is 2.03. The minimum Gasteiger partial charge on any atom is -0.300 e. The molecule has 78 valence electrons. The van der Waals surface area contributed by atoms with Crippen LogP contribution in [-0.4, -0.2) is 11.6 Å². The van der Waals surface area contributed by atoms with E-state index in [1.54, 1.807) is 6.92 Å². The van der Waals surface area contributed by atoms with Gasteiger partial charge in [-0.3, -0.25) is 9.59 Å². The molecular weight excluding hydrogens is 164 g/mol. The molecule has 2 heteroatoms. The van der Waals surface area contributed by atoms with Gasteiger partial charge in [0.1, 0.15) is 11.6 Å². The van der Waals surface area contributed by atoms with Gasteiger partial charge in [0, 0.05) is 18.3 Å². The summed E-state index contributed by atoms with van der Waals surface area (Å²) < 4.78 is 0. The fraction of sp³-hybridized carbons (Fsp3) is 0.818. The highest BCUT2D eigenvalue weighted by molar-refractivity contribution is 5.79. The second-order valence-electron chi connectivity index (χ2n) is 3.74. The van der Waals surface area contributed by atoms with Crippen LogP contribution in [-0.2, 0) is 9.59 Å². The molecule has 0 amide bonds. The van der Waals surface area contributed by atoms with Gasteiger partial charge in [0.05, 0.1) is 0 Å². The number of rotatable bonds is 3. The fourth-order valence-electron chi connectivity index (χ4n) is 0.408. The predicted molar refractivity (Wildman–Crippen MR) is 55.7 cm³/mol. The minimum absolute atomic E-state index is 0.213. The van der Waals surface area contributed by atoms with Gasteiger partial charge in [-0.2, -0.15) is 0 Å². The molecule has 13 heavy (non-hydrogen) atoms. The van der Waals surface area contributed by atoms with Crippen LogP contribution < -0.4 is 0 Å². The van der Waals surface area contributed by atoms with Crippen LogP contribution in [0.3, 0.4) is 0 Å². The molecule has 0 aromatic heterocycles. The molecule has 2 nitrogen and oxygen atoms in total. The van der Waals surface area contributed by atoms with Crippen LogP contribution in [0.5, 0.6) is 0 Å². The molecule has 0 aromatic carbocycles. The van der Waals surface area contributed by atoms with E-state index in [0.29, 0.717) is 12.2 Å². The quantitative estimate of drug-likeness (QED) is 0.679. The molecule has 0 N–H and O–H groups in total. The molecule has 0 spiro atoms. The number of Topliss-reactive ketones (excluding diaryl/α,β-unsaturated/α-hetero) is 2. The Labute approximate surface area is 81.7 Å². The first kappa shape index (κ1) is 14.8. The van der Waals surface area contributed by atoms with Gasteiger partial charge in [-0.05, 0) is 6.92 Å². The van der Waals surface area contributed by atoms with Gasteiger partial charge in [-0.25, -0.2) is 0 Å². The molecule has 0 unspecified atom stereocenters. The number of hydrogen-bond donors (Lipinski definition) is 0. The first-order valence-corrected chi connectivity index (χ1v) is 4.86. The highest BCUT2D eigenvalue weighted by atomic mass is 16.1. The molecule has 0 aliphatic carbocycles. The van der Waals surface area contributed by atoms with Crippen molar-refractivity contribution < 1.29 is 9.59 Å². The summed E-state index contributed by atoms with van der Waals surface area (Å²) in [4.78, 5) is 20.7. The van der Waals surface area contributed by atoms with Crippen molar-refractivity contribution in [3.63, 3.8) is 0 Å². The van der Waals surface area contributed by atoms with Crippen LogP contribution >= 0.6 is 0 Å². The Kier molecular flexibility index (Phi) is 9.09. The third-order valence-corrected chi connectivity index (χ3v) is 1.81. The van der Waals surface area contributed by atoms with E-state index in [-0.39, 0.29) is 17.6 Å². The largest absolute Gasteiger partial charge is 0.300 e. The summed E-state index contributed by atoms with van der Waals surface area (Å²) in [5.74, 6) is 1.05. The van der Waals surface area contributed by atoms with E-state index in [9.17, 15) is 9.59 Å². The van der Waals surface area contributed by atoms with Crippen molar-refractivity contribution in [2.24, 2.45) is 11.8 Å². The summed E-state index contributed by atoms with van der Waals surface area (Å²) >= 11 is 0. The molecule has 0 heterocycles. The molecule has 0 rings (SSSR count). The van der Waals surface area contributed by atoms with E-state index in [1.165, 1.54) is 0 Å². The number of ketones is 2. The SMILES string of the molecule is CC(=O)C(C)C.CCC(=O)C(C)C. The van der Waals surface area contributed by atoms with E-state index < -0.39 is 0 Å². The Morgan fingerprint density at radius 3 is 1.31 bits per heavy atom. The van der Waals surface area contributed by atoms with E-state index in [4.69, 9.17) is 0 Å². The lowest BCUT2D eigenvalue weighted by Gasteiger charge is -1.96. The van der Waals surface area contributed by atoms with E-state index >= 15 is 0 Å². The molecular formula is C11H22O2. The minimum atomic E-state index is 0.213. The molecule has 0 atom stereocenters. The third kappa shape index (κ3) is 11.3. The first-order valence-electron chi connectivity index (χ1n) is 4.86. The van der Waals surface area contributed by atoms with Gasteiger partial charge in [0.2, 0.25) is 0 Å². The summed E-state index contributed by atoms with van der Waals surface area (Å²) in [5, 5.41) is 0. The van der Waals surface area contributed by atoms with Crippen molar-refractivity contribution in [1.29, 1.82) is 0 Å². The molecule has 0 aromatic rings. The van der Waals surface area contributed by atoms with Crippen LogP contribution in [0.2, 0.25) is 0 Å². The van der Waals surface area contributed by atoms with Crippen molar-refractivity contribution in [2.75, 3.05) is 0 Å². The van der Waals surface area contributed by atoms with Crippen LogP contribution in [0.4, 0.5) is 0 Å². The van der Waals surface area contributed by atoms with Crippen molar-refractivity contribution in [3.8, 4) is 0 Å². The van der Waals surface area contributed by atoms with Gasteiger partial charge >= 0.3 is 0 Å². The van der Waals surface area contributed by atoms with Crippen LogP contribution in [0.15, 0.2) is 0 Å². The maximum Gasteiger partial charge on any atom is 0.135 e. The maximum atomic E-state index is 10.5. The third-order valence-electron chi connectivity index (χ3n) is 1.81. The average molecular weight is 186 g/mol. The summed E-state index contributed by atoms with van der Waals surface area (Å²) in [6, 6.07) is 0. The standard InChI is InChI=1S/C6H12O.C5H10O/c1-4-6(7)5(2)3;1-4(2)5(3)6/h5H,4H2,1-3H3;4H,1-3H3. The zero-order valence-electron chi connectivity index (χ0n) is 9.68.